The predicted molar refractivity (Wildman–Crippen MR) is 81.1 cm³/mol. The molecular weight excluding hydrogens is 250 g/mol. The molecule has 1 aromatic carbocycles. The van der Waals surface area contributed by atoms with Gasteiger partial charge in [-0.15, -0.1) is 0 Å². The molecule has 4 N–H and O–H groups in total. The van der Waals surface area contributed by atoms with Crippen LogP contribution in [0.25, 0.3) is 10.9 Å². The van der Waals surface area contributed by atoms with Gasteiger partial charge in [0.05, 0.1) is 11.1 Å². The van der Waals surface area contributed by atoms with Crippen molar-refractivity contribution in [2.45, 2.75) is 32.6 Å². The van der Waals surface area contributed by atoms with Crippen molar-refractivity contribution >= 4 is 16.8 Å². The van der Waals surface area contributed by atoms with Crippen molar-refractivity contribution in [1.82, 2.24) is 10.3 Å². The number of rotatable bonds is 2. The summed E-state index contributed by atoms with van der Waals surface area (Å²) in [4.78, 5) is 14.9. The lowest BCUT2D eigenvalue weighted by Crippen LogP contribution is -2.28. The maximum absolute atomic E-state index is 11.6. The van der Waals surface area contributed by atoms with Crippen LogP contribution in [-0.4, -0.2) is 24.0 Å². The summed E-state index contributed by atoms with van der Waals surface area (Å²) in [5.41, 5.74) is 10.6. The molecule has 0 spiro atoms. The van der Waals surface area contributed by atoms with Gasteiger partial charge in [-0.3, -0.25) is 4.79 Å². The summed E-state index contributed by atoms with van der Waals surface area (Å²) in [5.74, 6) is 0.145. The van der Waals surface area contributed by atoms with Gasteiger partial charge in [-0.25, -0.2) is 0 Å². The first-order valence-corrected chi connectivity index (χ1v) is 7.22. The molecule has 1 aliphatic rings. The van der Waals surface area contributed by atoms with Crippen LogP contribution in [-0.2, 0) is 0 Å². The molecule has 1 fully saturated rings. The Morgan fingerprint density at radius 1 is 1.35 bits per heavy atom. The maximum atomic E-state index is 11.6. The minimum absolute atomic E-state index is 0.371. The maximum Gasteiger partial charge on any atom is 0.250 e. The number of carbonyl (C=O) groups excluding carboxylic acids is 1. The number of hydrogen-bond donors (Lipinski definition) is 3. The van der Waals surface area contributed by atoms with Crippen LogP contribution in [0.2, 0.25) is 0 Å². The average molecular weight is 271 g/mol. The molecule has 0 saturated carbocycles. The Balaban J connectivity index is 2.23. The summed E-state index contributed by atoms with van der Waals surface area (Å²) in [7, 11) is 0. The smallest absolute Gasteiger partial charge is 0.250 e. The predicted octanol–water partition coefficient (Wildman–Crippen LogP) is 2.35. The Labute approximate surface area is 118 Å². The number of fused-ring (bicyclic) bond motifs is 1. The zero-order chi connectivity index (χ0) is 14.3. The van der Waals surface area contributed by atoms with Crippen LogP contribution in [0.1, 0.15) is 45.9 Å². The van der Waals surface area contributed by atoms with Gasteiger partial charge in [0.25, 0.3) is 5.91 Å². The molecular formula is C16H21N3O. The number of nitrogens with one attached hydrogen (secondary N) is 2. The van der Waals surface area contributed by atoms with Crippen LogP contribution >= 0.6 is 0 Å². The van der Waals surface area contributed by atoms with Gasteiger partial charge < -0.3 is 16.0 Å². The fraction of sp³-hybridized carbons (Fsp3) is 0.438. The number of H-pyrrole nitrogens is 1. The standard InChI is InChI=1S/C16H21N3O/c1-9-10(2)19-15-13(16(17)20)6-5-12(14(9)15)11-4-3-7-18-8-11/h5-6,11,18-19H,3-4,7-8H2,1-2H3,(H2,17,20)/t11-/m0/s1. The van der Waals surface area contributed by atoms with Gasteiger partial charge in [0.2, 0.25) is 0 Å². The van der Waals surface area contributed by atoms with E-state index in [9.17, 15) is 4.79 Å². The number of aromatic nitrogens is 1. The normalized spacial score (nSPS) is 19.4. The monoisotopic (exact) mass is 271 g/mol. The highest BCUT2D eigenvalue weighted by Crippen LogP contribution is 2.34. The number of hydrogen-bond acceptors (Lipinski definition) is 2. The Bertz CT molecular complexity index is 666. The van der Waals surface area contributed by atoms with E-state index in [4.69, 9.17) is 5.73 Å². The highest BCUT2D eigenvalue weighted by atomic mass is 16.1. The van der Waals surface area contributed by atoms with Gasteiger partial charge in [0, 0.05) is 17.6 Å². The molecule has 106 valence electrons. The zero-order valence-corrected chi connectivity index (χ0v) is 12.0. The van der Waals surface area contributed by atoms with E-state index >= 15 is 0 Å². The first-order chi connectivity index (χ1) is 9.59. The minimum Gasteiger partial charge on any atom is -0.366 e. The number of primary amides is 1. The first kappa shape index (κ1) is 13.2. The Morgan fingerprint density at radius 3 is 2.80 bits per heavy atom. The summed E-state index contributed by atoms with van der Waals surface area (Å²) in [6.07, 6.45) is 2.40. The molecule has 4 heteroatoms. The third kappa shape index (κ3) is 2.00. The lowest BCUT2D eigenvalue weighted by atomic mass is 9.87. The van der Waals surface area contributed by atoms with E-state index < -0.39 is 0 Å². The van der Waals surface area contributed by atoms with Crippen LogP contribution in [0.15, 0.2) is 12.1 Å². The van der Waals surface area contributed by atoms with Crippen molar-refractivity contribution in [3.05, 3.63) is 34.5 Å². The van der Waals surface area contributed by atoms with Crippen molar-refractivity contribution < 1.29 is 4.79 Å². The number of nitrogens with two attached hydrogens (primary N) is 1. The number of benzene rings is 1. The zero-order valence-electron chi connectivity index (χ0n) is 12.0. The molecule has 0 aliphatic carbocycles. The molecule has 2 heterocycles. The van der Waals surface area contributed by atoms with Gasteiger partial charge in [-0.05, 0) is 56.3 Å². The van der Waals surface area contributed by atoms with Crippen LogP contribution in [0.5, 0.6) is 0 Å². The second-order valence-electron chi connectivity index (χ2n) is 5.73. The molecule has 2 aromatic rings. The lowest BCUT2D eigenvalue weighted by Gasteiger charge is -2.24. The van der Waals surface area contributed by atoms with E-state index in [2.05, 4.69) is 23.3 Å². The Morgan fingerprint density at radius 2 is 2.15 bits per heavy atom. The molecule has 1 atom stereocenters. The molecule has 3 rings (SSSR count). The topological polar surface area (TPSA) is 70.9 Å². The molecule has 1 aromatic heterocycles. The average Bonchev–Trinajstić information content (AvgIpc) is 2.75. The number of aryl methyl sites for hydroxylation is 2. The number of carbonyl (C=O) groups is 1. The van der Waals surface area contributed by atoms with E-state index in [-0.39, 0.29) is 5.91 Å². The summed E-state index contributed by atoms with van der Waals surface area (Å²) < 4.78 is 0. The molecule has 1 amide bonds. The van der Waals surface area contributed by atoms with Gasteiger partial charge in [0.1, 0.15) is 0 Å². The highest BCUT2D eigenvalue weighted by Gasteiger charge is 2.22. The largest absolute Gasteiger partial charge is 0.366 e. The van der Waals surface area contributed by atoms with Crippen LogP contribution in [0, 0.1) is 13.8 Å². The van der Waals surface area contributed by atoms with E-state index in [0.717, 1.165) is 24.3 Å². The summed E-state index contributed by atoms with van der Waals surface area (Å²) in [5, 5.41) is 4.65. The number of amides is 1. The molecule has 0 radical (unpaired) electrons. The third-order valence-corrected chi connectivity index (χ3v) is 4.49. The second kappa shape index (κ2) is 4.94. The molecule has 4 nitrogen and oxygen atoms in total. The fourth-order valence-corrected chi connectivity index (χ4v) is 3.28. The summed E-state index contributed by atoms with van der Waals surface area (Å²) in [6.45, 7) is 6.26. The molecule has 1 aliphatic heterocycles. The Kier molecular flexibility index (Phi) is 3.26. The van der Waals surface area contributed by atoms with Crippen LogP contribution in [0.4, 0.5) is 0 Å². The Hall–Kier alpha value is -1.81. The van der Waals surface area contributed by atoms with E-state index in [1.807, 2.05) is 13.0 Å². The van der Waals surface area contributed by atoms with Gasteiger partial charge in [0.15, 0.2) is 0 Å². The number of piperidine rings is 1. The van der Waals surface area contributed by atoms with Crippen molar-refractivity contribution in [3.8, 4) is 0 Å². The highest BCUT2D eigenvalue weighted by molar-refractivity contribution is 6.07. The fourth-order valence-electron chi connectivity index (χ4n) is 3.28. The van der Waals surface area contributed by atoms with Crippen LogP contribution in [0.3, 0.4) is 0 Å². The van der Waals surface area contributed by atoms with Crippen molar-refractivity contribution in [2.75, 3.05) is 13.1 Å². The molecule has 1 saturated heterocycles. The second-order valence-corrected chi connectivity index (χ2v) is 5.73. The number of aromatic amines is 1. The van der Waals surface area contributed by atoms with Crippen LogP contribution < -0.4 is 11.1 Å². The molecule has 0 unspecified atom stereocenters. The van der Waals surface area contributed by atoms with Crippen molar-refractivity contribution in [3.63, 3.8) is 0 Å². The van der Waals surface area contributed by atoms with Crippen molar-refractivity contribution in [1.29, 1.82) is 0 Å². The summed E-state index contributed by atoms with van der Waals surface area (Å²) >= 11 is 0. The van der Waals surface area contributed by atoms with Crippen molar-refractivity contribution in [2.24, 2.45) is 5.73 Å². The lowest BCUT2D eigenvalue weighted by molar-refractivity contribution is 0.100. The van der Waals surface area contributed by atoms with E-state index in [0.29, 0.717) is 11.5 Å². The minimum atomic E-state index is -0.371. The first-order valence-electron chi connectivity index (χ1n) is 7.22. The quantitative estimate of drug-likeness (QED) is 0.784. The SMILES string of the molecule is Cc1[nH]c2c(C(N)=O)ccc([C@H]3CCCNC3)c2c1C. The van der Waals surface area contributed by atoms with Gasteiger partial charge in [-0.2, -0.15) is 0 Å². The molecule has 20 heavy (non-hydrogen) atoms. The van der Waals surface area contributed by atoms with Gasteiger partial charge in [-0.1, -0.05) is 6.07 Å². The summed E-state index contributed by atoms with van der Waals surface area (Å²) in [6, 6.07) is 3.95. The van der Waals surface area contributed by atoms with E-state index in [1.54, 1.807) is 0 Å². The van der Waals surface area contributed by atoms with E-state index in [1.165, 1.54) is 29.4 Å². The molecule has 0 bridgehead atoms. The third-order valence-electron chi connectivity index (χ3n) is 4.49. The van der Waals surface area contributed by atoms with Gasteiger partial charge >= 0.3 is 0 Å².